The van der Waals surface area contributed by atoms with Crippen molar-refractivity contribution in [1.29, 1.82) is 0 Å². The van der Waals surface area contributed by atoms with Crippen molar-refractivity contribution in [1.82, 2.24) is 30.2 Å². The molecule has 2 unspecified atom stereocenters. The molecule has 2 atom stereocenters. The Bertz CT molecular complexity index is 1330. The Labute approximate surface area is 196 Å². The molecule has 0 bridgehead atoms. The molecule has 0 aliphatic heterocycles. The smallest absolute Gasteiger partial charge is 0.245 e. The summed E-state index contributed by atoms with van der Waals surface area (Å²) in [6.07, 6.45) is 5.31. The minimum absolute atomic E-state index is 0.0814. The van der Waals surface area contributed by atoms with Crippen LogP contribution in [0.1, 0.15) is 60.0 Å². The molecule has 34 heavy (non-hydrogen) atoms. The number of aromatic nitrogens is 6. The largest absolute Gasteiger partial charge is 0.505 e. The molecular formula is C24H26N8O2. The van der Waals surface area contributed by atoms with Gasteiger partial charge in [-0.05, 0) is 73.9 Å². The summed E-state index contributed by atoms with van der Waals surface area (Å²) < 4.78 is 1.55. The molecule has 10 heteroatoms. The van der Waals surface area contributed by atoms with E-state index in [4.69, 9.17) is 0 Å². The first-order valence-electron chi connectivity index (χ1n) is 11.3. The molecule has 0 spiro atoms. The van der Waals surface area contributed by atoms with E-state index in [1.165, 1.54) is 11.9 Å². The lowest BCUT2D eigenvalue weighted by atomic mass is 9.77. The topological polar surface area (TPSA) is 137 Å². The van der Waals surface area contributed by atoms with E-state index in [0.29, 0.717) is 5.69 Å². The van der Waals surface area contributed by atoms with Crippen molar-refractivity contribution in [3.05, 3.63) is 65.2 Å². The number of para-hydroxylation sites is 1. The number of phenols is 1. The highest BCUT2D eigenvalue weighted by Crippen LogP contribution is 2.45. The fraction of sp³-hybridized carbons (Fsp3) is 0.333. The van der Waals surface area contributed by atoms with Gasteiger partial charge in [-0.3, -0.25) is 4.57 Å². The third-order valence-electron chi connectivity index (χ3n) is 6.63. The summed E-state index contributed by atoms with van der Waals surface area (Å²) in [6.45, 7) is 4.05. The summed E-state index contributed by atoms with van der Waals surface area (Å²) in [4.78, 5) is 4.19. The molecule has 5 rings (SSSR count). The van der Waals surface area contributed by atoms with E-state index < -0.39 is 0 Å². The van der Waals surface area contributed by atoms with Crippen molar-refractivity contribution >= 4 is 11.5 Å². The van der Waals surface area contributed by atoms with Gasteiger partial charge in [0.1, 0.15) is 17.8 Å². The molecule has 0 amide bonds. The monoisotopic (exact) mass is 458 g/mol. The fourth-order valence-electron chi connectivity index (χ4n) is 4.58. The highest BCUT2D eigenvalue weighted by molar-refractivity contribution is 5.57. The molecule has 1 fully saturated rings. The second kappa shape index (κ2) is 9.05. The van der Waals surface area contributed by atoms with Gasteiger partial charge < -0.3 is 10.2 Å². The Morgan fingerprint density at radius 3 is 2.68 bits per heavy atom. The minimum atomic E-state index is -0.113. The van der Waals surface area contributed by atoms with Gasteiger partial charge in [0.25, 0.3) is 0 Å². The second-order valence-electron chi connectivity index (χ2n) is 8.78. The van der Waals surface area contributed by atoms with Gasteiger partial charge in [-0.2, -0.15) is 5.21 Å². The zero-order valence-electron chi connectivity index (χ0n) is 19.0. The van der Waals surface area contributed by atoms with Crippen LogP contribution < -0.4 is 0 Å². The first-order chi connectivity index (χ1) is 16.5. The van der Waals surface area contributed by atoms with E-state index in [1.807, 2.05) is 44.2 Å². The number of rotatable bonds is 5. The van der Waals surface area contributed by atoms with Crippen molar-refractivity contribution in [2.45, 2.75) is 51.4 Å². The van der Waals surface area contributed by atoms with Gasteiger partial charge in [0.15, 0.2) is 5.82 Å². The van der Waals surface area contributed by atoms with Crippen LogP contribution in [0.2, 0.25) is 0 Å². The van der Waals surface area contributed by atoms with Crippen LogP contribution in [-0.4, -0.2) is 40.4 Å². The number of nitrogens with one attached hydrogen (secondary N) is 1. The van der Waals surface area contributed by atoms with Gasteiger partial charge in [-0.1, -0.05) is 29.8 Å². The minimum Gasteiger partial charge on any atom is -0.505 e. The van der Waals surface area contributed by atoms with Crippen LogP contribution in [0.25, 0.3) is 5.69 Å². The number of aryl methyl sites for hydroxylation is 2. The van der Waals surface area contributed by atoms with Crippen LogP contribution in [0.15, 0.2) is 53.0 Å². The predicted octanol–water partition coefficient (Wildman–Crippen LogP) is 5.27. The van der Waals surface area contributed by atoms with Gasteiger partial charge in [0.2, 0.25) is 11.7 Å². The number of tetrazole rings is 1. The van der Waals surface area contributed by atoms with E-state index in [1.54, 1.807) is 10.6 Å². The molecule has 1 aliphatic carbocycles. The molecule has 2 aromatic heterocycles. The summed E-state index contributed by atoms with van der Waals surface area (Å²) in [5.41, 5.74) is 4.22. The Hall–Kier alpha value is -4.08. The molecule has 0 radical (unpaired) electrons. The van der Waals surface area contributed by atoms with E-state index in [-0.39, 0.29) is 29.3 Å². The van der Waals surface area contributed by atoms with Crippen LogP contribution in [0.4, 0.5) is 11.5 Å². The van der Waals surface area contributed by atoms with Crippen molar-refractivity contribution in [2.24, 2.45) is 10.2 Å². The number of phenolic OH excluding ortho intramolecular Hbond substituents is 1. The number of benzene rings is 2. The Morgan fingerprint density at radius 2 is 1.88 bits per heavy atom. The molecule has 2 aromatic carbocycles. The van der Waals surface area contributed by atoms with Gasteiger partial charge in [0.05, 0.1) is 5.69 Å². The van der Waals surface area contributed by atoms with Crippen molar-refractivity contribution in [3.63, 3.8) is 0 Å². The number of aromatic hydroxyl groups is 2. The molecule has 2 heterocycles. The second-order valence-corrected chi connectivity index (χ2v) is 8.78. The zero-order valence-corrected chi connectivity index (χ0v) is 19.0. The summed E-state index contributed by atoms with van der Waals surface area (Å²) in [6, 6.07) is 11.3. The molecular weight excluding hydrogens is 432 g/mol. The number of H-pyrrole nitrogens is 1. The van der Waals surface area contributed by atoms with Crippen molar-refractivity contribution < 1.29 is 10.2 Å². The standard InChI is InChI=1S/C24H26N8O2/c1-14-9-10-18(11-15(14)2)32-13-25-23(24(32)34)27-26-20-8-4-7-19(21(20)33)16-5-3-6-17(12-16)22-28-30-31-29-22/h4,7-11,13,16-17,33-34H,3,5-6,12H2,1-2H3,(H,28,29,30,31). The first kappa shape index (κ1) is 21.7. The number of aromatic amines is 1. The van der Waals surface area contributed by atoms with Crippen LogP contribution >= 0.6 is 0 Å². The lowest BCUT2D eigenvalue weighted by molar-refractivity contribution is 0.370. The quantitative estimate of drug-likeness (QED) is 0.348. The number of azo groups is 1. The lowest BCUT2D eigenvalue weighted by Crippen LogP contribution is -2.14. The molecule has 10 nitrogen and oxygen atoms in total. The van der Waals surface area contributed by atoms with Gasteiger partial charge in [-0.25, -0.2) is 4.98 Å². The van der Waals surface area contributed by atoms with Crippen LogP contribution in [0.5, 0.6) is 11.6 Å². The molecule has 1 saturated carbocycles. The Kier molecular flexibility index (Phi) is 5.79. The molecule has 1 aliphatic rings. The Morgan fingerprint density at radius 1 is 1.03 bits per heavy atom. The van der Waals surface area contributed by atoms with Gasteiger partial charge in [0, 0.05) is 5.92 Å². The number of imidazole rings is 1. The zero-order chi connectivity index (χ0) is 23.7. The lowest BCUT2D eigenvalue weighted by Gasteiger charge is -2.28. The van der Waals surface area contributed by atoms with Gasteiger partial charge in [-0.15, -0.1) is 20.4 Å². The maximum Gasteiger partial charge on any atom is 0.245 e. The third kappa shape index (κ3) is 4.14. The molecule has 174 valence electrons. The van der Waals surface area contributed by atoms with E-state index in [2.05, 4.69) is 35.8 Å². The normalized spacial score (nSPS) is 18.5. The summed E-state index contributed by atoms with van der Waals surface area (Å²) in [5.74, 6) is 1.14. The number of nitrogens with zero attached hydrogens (tertiary/aromatic N) is 7. The highest BCUT2D eigenvalue weighted by atomic mass is 16.3. The number of hydrogen-bond donors (Lipinski definition) is 3. The van der Waals surface area contributed by atoms with Gasteiger partial charge >= 0.3 is 0 Å². The van der Waals surface area contributed by atoms with Crippen molar-refractivity contribution in [3.8, 4) is 17.3 Å². The van der Waals surface area contributed by atoms with Crippen LogP contribution in [0, 0.1) is 13.8 Å². The Balaban J connectivity index is 1.38. The fourth-order valence-corrected chi connectivity index (χ4v) is 4.58. The third-order valence-corrected chi connectivity index (χ3v) is 6.63. The summed E-state index contributed by atoms with van der Waals surface area (Å²) in [7, 11) is 0. The predicted molar refractivity (Wildman–Crippen MR) is 125 cm³/mol. The first-order valence-corrected chi connectivity index (χ1v) is 11.3. The summed E-state index contributed by atoms with van der Waals surface area (Å²) in [5, 5.41) is 44.4. The van der Waals surface area contributed by atoms with Crippen LogP contribution in [0.3, 0.4) is 0 Å². The highest BCUT2D eigenvalue weighted by Gasteiger charge is 2.29. The van der Waals surface area contributed by atoms with E-state index in [0.717, 1.165) is 48.3 Å². The SMILES string of the molecule is Cc1ccc(-n2cnc(N=Nc3cccc(C4CCCC(c5nn[nH]n5)C4)c3O)c2O)cc1C. The van der Waals surface area contributed by atoms with Crippen molar-refractivity contribution in [2.75, 3.05) is 0 Å². The summed E-state index contributed by atoms with van der Waals surface area (Å²) >= 11 is 0. The van der Waals surface area contributed by atoms with E-state index >= 15 is 0 Å². The number of hydrogen-bond acceptors (Lipinski definition) is 8. The molecule has 4 aromatic rings. The molecule has 0 saturated heterocycles. The maximum absolute atomic E-state index is 11.0. The van der Waals surface area contributed by atoms with Crippen LogP contribution in [-0.2, 0) is 0 Å². The average molecular weight is 459 g/mol. The molecule has 3 N–H and O–H groups in total. The van der Waals surface area contributed by atoms with E-state index in [9.17, 15) is 10.2 Å². The average Bonchev–Trinajstić information content (AvgIpc) is 3.51. The maximum atomic E-state index is 11.0.